The summed E-state index contributed by atoms with van der Waals surface area (Å²) in [6.07, 6.45) is 3.63. The molecule has 0 atom stereocenters. The number of para-hydroxylation sites is 1. The fourth-order valence-corrected chi connectivity index (χ4v) is 1.48. The lowest BCUT2D eigenvalue weighted by Crippen LogP contribution is -2.03. The number of ether oxygens (including phenoxy) is 2. The minimum Gasteiger partial charge on any atom is -0.498 e. The topological polar surface area (TPSA) is 18.5 Å². The van der Waals surface area contributed by atoms with E-state index in [2.05, 4.69) is 0 Å². The molecule has 2 rings (SSSR count). The molecule has 0 aliphatic carbocycles. The van der Waals surface area contributed by atoms with E-state index < -0.39 is 0 Å². The van der Waals surface area contributed by atoms with Gasteiger partial charge in [-0.1, -0.05) is 48.5 Å². The molecule has 0 unspecified atom stereocenters. The monoisotopic (exact) mass is 240 g/mol. The van der Waals surface area contributed by atoms with Gasteiger partial charge in [-0.25, -0.2) is 0 Å². The van der Waals surface area contributed by atoms with Crippen LogP contribution in [0, 0.1) is 0 Å². The third kappa shape index (κ3) is 4.34. The highest BCUT2D eigenvalue weighted by Gasteiger charge is 1.90. The molecule has 0 aromatic heterocycles. The third-order valence-corrected chi connectivity index (χ3v) is 2.37. The molecule has 0 radical (unpaired) electrons. The SMILES string of the molecule is C(=C\c1ccccc1)/OCCOc1ccccc1. The van der Waals surface area contributed by atoms with Gasteiger partial charge >= 0.3 is 0 Å². The van der Waals surface area contributed by atoms with Crippen LogP contribution in [0.5, 0.6) is 5.75 Å². The van der Waals surface area contributed by atoms with E-state index in [1.807, 2.05) is 66.7 Å². The summed E-state index contributed by atoms with van der Waals surface area (Å²) in [5.74, 6) is 0.869. The van der Waals surface area contributed by atoms with Crippen LogP contribution < -0.4 is 4.74 Å². The van der Waals surface area contributed by atoms with Gasteiger partial charge in [0.15, 0.2) is 0 Å². The first-order chi connectivity index (χ1) is 8.95. The lowest BCUT2D eigenvalue weighted by molar-refractivity contribution is 0.180. The first kappa shape index (κ1) is 12.2. The molecule has 0 N–H and O–H groups in total. The van der Waals surface area contributed by atoms with Crippen LogP contribution >= 0.6 is 0 Å². The van der Waals surface area contributed by atoms with Crippen LogP contribution in [-0.4, -0.2) is 13.2 Å². The van der Waals surface area contributed by atoms with Crippen molar-refractivity contribution in [2.45, 2.75) is 0 Å². The summed E-state index contributed by atoms with van der Waals surface area (Å²) >= 11 is 0. The average Bonchev–Trinajstić information content (AvgIpc) is 2.45. The maximum atomic E-state index is 5.50. The second kappa shape index (κ2) is 7.17. The average molecular weight is 240 g/mol. The zero-order valence-electron chi connectivity index (χ0n) is 10.2. The molecule has 0 saturated carbocycles. The summed E-state index contributed by atoms with van der Waals surface area (Å²) in [6, 6.07) is 19.8. The van der Waals surface area contributed by atoms with Crippen LogP contribution in [0.25, 0.3) is 6.08 Å². The van der Waals surface area contributed by atoms with E-state index >= 15 is 0 Å². The third-order valence-electron chi connectivity index (χ3n) is 2.37. The molecule has 0 fully saturated rings. The summed E-state index contributed by atoms with van der Waals surface area (Å²) in [7, 11) is 0. The first-order valence-corrected chi connectivity index (χ1v) is 5.96. The van der Waals surface area contributed by atoms with E-state index in [-0.39, 0.29) is 0 Å². The summed E-state index contributed by atoms with van der Waals surface area (Å²) in [4.78, 5) is 0. The van der Waals surface area contributed by atoms with Crippen LogP contribution in [0.1, 0.15) is 5.56 Å². The number of rotatable bonds is 6. The fraction of sp³-hybridized carbons (Fsp3) is 0.125. The molecule has 0 heterocycles. The van der Waals surface area contributed by atoms with Gasteiger partial charge in [-0.2, -0.15) is 0 Å². The Bertz CT molecular complexity index is 463. The Kier molecular flexibility index (Phi) is 4.88. The van der Waals surface area contributed by atoms with E-state index in [0.29, 0.717) is 13.2 Å². The summed E-state index contributed by atoms with van der Waals surface area (Å²) in [5, 5.41) is 0. The number of hydrogen-bond donors (Lipinski definition) is 0. The van der Waals surface area contributed by atoms with Crippen LogP contribution in [0.15, 0.2) is 66.9 Å². The van der Waals surface area contributed by atoms with Crippen molar-refractivity contribution in [3.05, 3.63) is 72.5 Å². The summed E-state index contributed by atoms with van der Waals surface area (Å²) < 4.78 is 10.9. The van der Waals surface area contributed by atoms with Gasteiger partial charge in [-0.05, 0) is 23.8 Å². The highest BCUT2D eigenvalue weighted by atomic mass is 16.5. The Morgan fingerprint density at radius 1 is 0.778 bits per heavy atom. The van der Waals surface area contributed by atoms with Crippen LogP contribution in [0.3, 0.4) is 0 Å². The molecule has 18 heavy (non-hydrogen) atoms. The van der Waals surface area contributed by atoms with Crippen molar-refractivity contribution in [3.63, 3.8) is 0 Å². The van der Waals surface area contributed by atoms with Crippen molar-refractivity contribution < 1.29 is 9.47 Å². The Balaban J connectivity index is 1.63. The summed E-state index contributed by atoms with van der Waals surface area (Å²) in [5.41, 5.74) is 1.13. The molecule has 0 aliphatic heterocycles. The maximum Gasteiger partial charge on any atom is 0.122 e. The summed E-state index contributed by atoms with van der Waals surface area (Å²) in [6.45, 7) is 1.08. The van der Waals surface area contributed by atoms with Crippen molar-refractivity contribution in [1.82, 2.24) is 0 Å². The van der Waals surface area contributed by atoms with E-state index in [9.17, 15) is 0 Å². The van der Waals surface area contributed by atoms with Crippen LogP contribution in [0.4, 0.5) is 0 Å². The maximum absolute atomic E-state index is 5.50. The van der Waals surface area contributed by atoms with Gasteiger partial charge in [-0.15, -0.1) is 0 Å². The second-order valence-corrected chi connectivity index (χ2v) is 3.75. The van der Waals surface area contributed by atoms with E-state index in [1.165, 1.54) is 0 Å². The molecule has 92 valence electrons. The van der Waals surface area contributed by atoms with Gasteiger partial charge in [-0.3, -0.25) is 0 Å². The lowest BCUT2D eigenvalue weighted by atomic mass is 10.2. The molecule has 0 saturated heterocycles. The van der Waals surface area contributed by atoms with Crippen molar-refractivity contribution in [2.24, 2.45) is 0 Å². The van der Waals surface area contributed by atoms with Crippen molar-refractivity contribution in [2.75, 3.05) is 13.2 Å². The normalized spacial score (nSPS) is 10.4. The highest BCUT2D eigenvalue weighted by molar-refractivity contribution is 5.47. The Morgan fingerprint density at radius 2 is 1.44 bits per heavy atom. The predicted octanol–water partition coefficient (Wildman–Crippen LogP) is 3.75. The molecule has 0 amide bonds. The molecule has 0 bridgehead atoms. The van der Waals surface area contributed by atoms with E-state index in [0.717, 1.165) is 11.3 Å². The molecule has 2 heteroatoms. The minimum absolute atomic E-state index is 0.540. The van der Waals surface area contributed by atoms with E-state index in [1.54, 1.807) is 6.26 Å². The zero-order chi connectivity index (χ0) is 12.5. The van der Waals surface area contributed by atoms with Gasteiger partial charge in [0.2, 0.25) is 0 Å². The Morgan fingerprint density at radius 3 is 2.17 bits per heavy atom. The van der Waals surface area contributed by atoms with Crippen molar-refractivity contribution >= 4 is 6.08 Å². The second-order valence-electron chi connectivity index (χ2n) is 3.75. The Labute approximate surface area is 107 Å². The number of hydrogen-bond acceptors (Lipinski definition) is 2. The van der Waals surface area contributed by atoms with Gasteiger partial charge < -0.3 is 9.47 Å². The van der Waals surface area contributed by atoms with E-state index in [4.69, 9.17) is 9.47 Å². The zero-order valence-corrected chi connectivity index (χ0v) is 10.2. The molecule has 2 nitrogen and oxygen atoms in total. The smallest absolute Gasteiger partial charge is 0.122 e. The first-order valence-electron chi connectivity index (χ1n) is 5.96. The molecule has 0 aliphatic rings. The quantitative estimate of drug-likeness (QED) is 0.565. The number of benzene rings is 2. The molecule has 2 aromatic rings. The minimum atomic E-state index is 0.540. The van der Waals surface area contributed by atoms with Gasteiger partial charge in [0.05, 0.1) is 6.26 Å². The molecule has 0 spiro atoms. The Hall–Kier alpha value is -2.22. The predicted molar refractivity (Wildman–Crippen MR) is 73.4 cm³/mol. The van der Waals surface area contributed by atoms with Gasteiger partial charge in [0.1, 0.15) is 19.0 Å². The molecular formula is C16H16O2. The standard InChI is InChI=1S/C16H16O2/c1-3-7-15(8-4-1)11-12-17-13-14-18-16-9-5-2-6-10-16/h1-12H,13-14H2/b12-11+. The fourth-order valence-electron chi connectivity index (χ4n) is 1.48. The lowest BCUT2D eigenvalue weighted by Gasteiger charge is -2.05. The van der Waals surface area contributed by atoms with Gasteiger partial charge in [0.25, 0.3) is 0 Å². The van der Waals surface area contributed by atoms with Crippen molar-refractivity contribution in [3.8, 4) is 5.75 Å². The van der Waals surface area contributed by atoms with Crippen molar-refractivity contribution in [1.29, 1.82) is 0 Å². The largest absolute Gasteiger partial charge is 0.498 e. The van der Waals surface area contributed by atoms with Gasteiger partial charge in [0, 0.05) is 0 Å². The van der Waals surface area contributed by atoms with Crippen LogP contribution in [0.2, 0.25) is 0 Å². The van der Waals surface area contributed by atoms with Crippen LogP contribution in [-0.2, 0) is 4.74 Å². The highest BCUT2D eigenvalue weighted by Crippen LogP contribution is 2.07. The molecule has 2 aromatic carbocycles. The molecular weight excluding hydrogens is 224 g/mol.